The Morgan fingerprint density at radius 3 is 2.62 bits per heavy atom. The van der Waals surface area contributed by atoms with Crippen LogP contribution < -0.4 is 20.3 Å². The number of aromatic nitrogens is 1. The third kappa shape index (κ3) is 9.77. The second-order valence-electron chi connectivity index (χ2n) is 11.4. The molecule has 1 heterocycles. The molecular weight excluding hydrogens is 530 g/mol. The van der Waals surface area contributed by atoms with Gasteiger partial charge in [-0.1, -0.05) is 30.9 Å². The van der Waals surface area contributed by atoms with Crippen LogP contribution in [0.15, 0.2) is 24.3 Å². The molecule has 0 aliphatic heterocycles. The van der Waals surface area contributed by atoms with Gasteiger partial charge in [-0.25, -0.2) is 13.4 Å². The lowest BCUT2D eigenvalue weighted by atomic mass is 10.1. The molecule has 2 aliphatic rings. The number of nitrogens with one attached hydrogen (secondary N) is 3. The first-order valence-electron chi connectivity index (χ1n) is 14.0. The molecule has 2 aliphatic carbocycles. The smallest absolute Gasteiger partial charge is 0.251 e. The van der Waals surface area contributed by atoms with Gasteiger partial charge in [0.25, 0.3) is 5.91 Å². The summed E-state index contributed by atoms with van der Waals surface area (Å²) in [6.07, 6.45) is 2.47. The number of hydrogen-bond acceptors (Lipinski definition) is 8. The molecular formula is C29H45N5O5S. The van der Waals surface area contributed by atoms with E-state index in [9.17, 15) is 18.3 Å². The Morgan fingerprint density at radius 1 is 1.32 bits per heavy atom. The Hall–Kier alpha value is -2.65. The summed E-state index contributed by atoms with van der Waals surface area (Å²) in [7, 11) is -2.23. The molecule has 10 nitrogen and oxygen atoms in total. The van der Waals surface area contributed by atoms with E-state index in [0.717, 1.165) is 29.1 Å². The topological polar surface area (TPSA) is 133 Å². The number of carbonyl (C=O) groups excluding carboxylic acids is 1. The van der Waals surface area contributed by atoms with E-state index in [2.05, 4.69) is 46.3 Å². The third-order valence-corrected chi connectivity index (χ3v) is 9.21. The van der Waals surface area contributed by atoms with Crippen LogP contribution in [0.1, 0.15) is 57.3 Å². The van der Waals surface area contributed by atoms with E-state index in [1.807, 2.05) is 6.92 Å². The molecule has 4 atom stereocenters. The van der Waals surface area contributed by atoms with Crippen molar-refractivity contribution in [3.8, 4) is 11.8 Å². The van der Waals surface area contributed by atoms with E-state index in [4.69, 9.17) is 4.74 Å². The Morgan fingerprint density at radius 2 is 2.02 bits per heavy atom. The van der Waals surface area contributed by atoms with Crippen molar-refractivity contribution in [1.29, 1.82) is 0 Å². The van der Waals surface area contributed by atoms with Gasteiger partial charge in [0.05, 0.1) is 37.2 Å². The first kappa shape index (κ1) is 31.9. The van der Waals surface area contributed by atoms with Gasteiger partial charge in [0, 0.05) is 31.6 Å². The molecule has 4 unspecified atom stereocenters. The number of sulfonamides is 1. The molecule has 0 aromatic carbocycles. The van der Waals surface area contributed by atoms with Gasteiger partial charge in [0.1, 0.15) is 11.6 Å². The van der Waals surface area contributed by atoms with Gasteiger partial charge in [0.15, 0.2) is 0 Å². The average molecular weight is 576 g/mol. The van der Waals surface area contributed by atoms with Crippen LogP contribution in [-0.2, 0) is 14.8 Å². The molecule has 0 saturated heterocycles. The van der Waals surface area contributed by atoms with Crippen molar-refractivity contribution >= 4 is 27.6 Å². The number of aliphatic hydroxyl groups excluding tert-OH is 1. The van der Waals surface area contributed by atoms with E-state index in [1.165, 1.54) is 13.1 Å². The monoisotopic (exact) mass is 575 g/mol. The molecule has 2 fully saturated rings. The maximum atomic E-state index is 13.5. The highest BCUT2D eigenvalue weighted by molar-refractivity contribution is 7.93. The third-order valence-electron chi connectivity index (χ3n) is 7.07. The molecule has 4 N–H and O–H groups in total. The molecule has 3 rings (SSSR count). The fourth-order valence-corrected chi connectivity index (χ4v) is 4.96. The first-order valence-corrected chi connectivity index (χ1v) is 15.5. The van der Waals surface area contributed by atoms with Crippen LogP contribution in [-0.4, -0.2) is 81.7 Å². The number of carbonyl (C=O) groups is 1. The molecule has 0 spiro atoms. The minimum Gasteiger partial charge on any atom is -0.390 e. The van der Waals surface area contributed by atoms with Gasteiger partial charge < -0.3 is 25.8 Å². The zero-order valence-corrected chi connectivity index (χ0v) is 25.2. The second kappa shape index (κ2) is 14.3. The fourth-order valence-electron chi connectivity index (χ4n) is 3.97. The van der Waals surface area contributed by atoms with Crippen molar-refractivity contribution in [3.63, 3.8) is 0 Å². The minimum atomic E-state index is -3.67. The van der Waals surface area contributed by atoms with Gasteiger partial charge >= 0.3 is 0 Å². The zero-order chi connectivity index (χ0) is 29.4. The van der Waals surface area contributed by atoms with Crippen LogP contribution in [0.2, 0.25) is 0 Å². The Balaban J connectivity index is 1.76. The van der Waals surface area contributed by atoms with Crippen molar-refractivity contribution in [1.82, 2.24) is 15.6 Å². The van der Waals surface area contributed by atoms with E-state index in [1.54, 1.807) is 19.9 Å². The summed E-state index contributed by atoms with van der Waals surface area (Å²) in [5, 5.41) is 19.5. The van der Waals surface area contributed by atoms with Gasteiger partial charge in [-0.3, -0.25) is 9.10 Å². The van der Waals surface area contributed by atoms with E-state index in [0.29, 0.717) is 43.3 Å². The summed E-state index contributed by atoms with van der Waals surface area (Å²) in [5.41, 5.74) is 1.05. The van der Waals surface area contributed by atoms with Crippen molar-refractivity contribution < 1.29 is 23.1 Å². The lowest BCUT2D eigenvalue weighted by Gasteiger charge is -2.25. The van der Waals surface area contributed by atoms with Crippen LogP contribution >= 0.6 is 0 Å². The molecule has 1 amide bonds. The molecule has 1 aromatic rings. The number of nitrogens with zero attached hydrogens (tertiary/aromatic N) is 2. The normalized spacial score (nSPS) is 19.8. The van der Waals surface area contributed by atoms with Crippen molar-refractivity contribution in [2.75, 3.05) is 49.5 Å². The van der Waals surface area contributed by atoms with Gasteiger partial charge in [-0.15, -0.1) is 0 Å². The average Bonchev–Trinajstić information content (AvgIpc) is 3.83. The Bertz CT molecular complexity index is 1200. The predicted octanol–water partition coefficient (Wildman–Crippen LogP) is 2.38. The van der Waals surface area contributed by atoms with Crippen LogP contribution in [0.3, 0.4) is 0 Å². The highest BCUT2D eigenvalue weighted by atomic mass is 32.2. The standard InChI is InChI=1S/C29H45N5O5S/c1-19(2)17-39-18-25(26(35)16-30-11-7-8-22-9-10-22)32-29(36)23-13-27(31-15-24-12-21(24)5)33-28(14-23)34(6)40(37,38)20(3)4/h13-14,20-22,24-26,30,35H,1,9-12,15-18H2,2-6H3,(H,31,33)(H,32,36). The van der Waals surface area contributed by atoms with Crippen molar-refractivity contribution in [2.24, 2.45) is 17.8 Å². The molecule has 222 valence electrons. The van der Waals surface area contributed by atoms with Gasteiger partial charge in [-0.05, 0) is 64.0 Å². The van der Waals surface area contributed by atoms with Gasteiger partial charge in [0.2, 0.25) is 10.0 Å². The molecule has 2 saturated carbocycles. The number of anilines is 2. The maximum Gasteiger partial charge on any atom is 0.251 e. The van der Waals surface area contributed by atoms with Crippen molar-refractivity contribution in [2.45, 2.75) is 64.4 Å². The summed E-state index contributed by atoms with van der Waals surface area (Å²) < 4.78 is 32.5. The number of amides is 1. The Kier molecular flexibility index (Phi) is 11.4. The molecule has 1 aromatic heterocycles. The van der Waals surface area contributed by atoms with Crippen LogP contribution in [0.4, 0.5) is 11.6 Å². The number of ether oxygens (including phenoxy) is 1. The molecule has 40 heavy (non-hydrogen) atoms. The molecule has 0 bridgehead atoms. The SMILES string of the molecule is C=C(C)COCC(NC(=O)c1cc(NCC2CC2C)nc(N(C)S(=O)(=O)C(C)C)c1)C(O)CNCC#CC1CC1. The van der Waals surface area contributed by atoms with Crippen LogP contribution in [0.5, 0.6) is 0 Å². The number of hydrogen-bond donors (Lipinski definition) is 4. The van der Waals surface area contributed by atoms with Crippen molar-refractivity contribution in [3.05, 3.63) is 29.8 Å². The first-order chi connectivity index (χ1) is 18.9. The van der Waals surface area contributed by atoms with Gasteiger partial charge in [-0.2, -0.15) is 0 Å². The highest BCUT2D eigenvalue weighted by Crippen LogP contribution is 2.37. The highest BCUT2D eigenvalue weighted by Gasteiger charge is 2.32. The molecule has 0 radical (unpaired) electrons. The number of aliphatic hydroxyl groups is 1. The number of pyridine rings is 1. The van der Waals surface area contributed by atoms with E-state index >= 15 is 0 Å². The zero-order valence-electron chi connectivity index (χ0n) is 24.4. The minimum absolute atomic E-state index is 0.0689. The predicted molar refractivity (Wildman–Crippen MR) is 159 cm³/mol. The lowest BCUT2D eigenvalue weighted by molar-refractivity contribution is 0.0508. The molecule has 11 heteroatoms. The maximum absolute atomic E-state index is 13.5. The Labute approximate surface area is 239 Å². The summed E-state index contributed by atoms with van der Waals surface area (Å²) >= 11 is 0. The fraction of sp³-hybridized carbons (Fsp3) is 0.655. The second-order valence-corrected chi connectivity index (χ2v) is 13.9. The largest absolute Gasteiger partial charge is 0.390 e. The lowest BCUT2D eigenvalue weighted by Crippen LogP contribution is -2.50. The summed E-state index contributed by atoms with van der Waals surface area (Å²) in [6.45, 7) is 12.7. The summed E-state index contributed by atoms with van der Waals surface area (Å²) in [5.74, 6) is 7.95. The van der Waals surface area contributed by atoms with Crippen LogP contribution in [0, 0.1) is 29.6 Å². The number of rotatable bonds is 16. The van der Waals surface area contributed by atoms with E-state index < -0.39 is 33.3 Å². The quantitative estimate of drug-likeness (QED) is 0.134. The summed E-state index contributed by atoms with van der Waals surface area (Å²) in [4.78, 5) is 18.0. The van der Waals surface area contributed by atoms with Crippen LogP contribution in [0.25, 0.3) is 0 Å². The van der Waals surface area contributed by atoms with E-state index in [-0.39, 0.29) is 24.5 Å². The summed E-state index contributed by atoms with van der Waals surface area (Å²) in [6, 6.07) is 2.32.